The van der Waals surface area contributed by atoms with Crippen LogP contribution in [0.2, 0.25) is 0 Å². The fraction of sp³-hybridized carbons (Fsp3) is 0.357. The van der Waals surface area contributed by atoms with E-state index < -0.39 is 18.0 Å². The van der Waals surface area contributed by atoms with Crippen molar-refractivity contribution in [2.75, 3.05) is 5.75 Å². The Hall–Kier alpha value is -2.09. The topological polar surface area (TPSA) is 87.3 Å². The van der Waals surface area contributed by atoms with Gasteiger partial charge in [-0.05, 0) is 30.2 Å². The van der Waals surface area contributed by atoms with E-state index in [1.807, 2.05) is 0 Å². The van der Waals surface area contributed by atoms with E-state index in [9.17, 15) is 18.8 Å². The summed E-state index contributed by atoms with van der Waals surface area (Å²) in [7, 11) is 0. The van der Waals surface area contributed by atoms with Crippen LogP contribution in [0.1, 0.15) is 24.4 Å². The Kier molecular flexibility index (Phi) is 4.02. The lowest BCUT2D eigenvalue weighted by atomic mass is 10.0. The highest BCUT2D eigenvalue weighted by molar-refractivity contribution is 7.99. The predicted molar refractivity (Wildman–Crippen MR) is 77.7 cm³/mol. The van der Waals surface area contributed by atoms with Gasteiger partial charge in [0.2, 0.25) is 5.91 Å². The molecule has 0 aliphatic carbocycles. The number of fused-ring (bicyclic) bond motifs is 1. The molecule has 4 amide bonds. The van der Waals surface area contributed by atoms with Crippen molar-refractivity contribution >= 4 is 29.6 Å². The van der Waals surface area contributed by atoms with E-state index in [-0.39, 0.29) is 24.2 Å². The minimum absolute atomic E-state index is 0.133. The third-order valence-electron chi connectivity index (χ3n) is 3.59. The molecule has 2 aliphatic rings. The largest absolute Gasteiger partial charge is 0.349 e. The van der Waals surface area contributed by atoms with Crippen LogP contribution >= 0.6 is 11.8 Å². The fourth-order valence-corrected chi connectivity index (χ4v) is 3.66. The number of imide groups is 1. The third-order valence-corrected chi connectivity index (χ3v) is 4.72. The monoisotopic (exact) mass is 323 g/mol. The molecule has 0 saturated carbocycles. The molecule has 2 heterocycles. The second kappa shape index (κ2) is 5.96. The van der Waals surface area contributed by atoms with Crippen molar-refractivity contribution in [2.24, 2.45) is 0 Å². The molecule has 0 bridgehead atoms. The van der Waals surface area contributed by atoms with E-state index in [2.05, 4.69) is 16.0 Å². The van der Waals surface area contributed by atoms with E-state index in [1.165, 1.54) is 12.1 Å². The van der Waals surface area contributed by atoms with E-state index in [4.69, 9.17) is 0 Å². The van der Waals surface area contributed by atoms with Crippen molar-refractivity contribution in [3.63, 3.8) is 0 Å². The lowest BCUT2D eigenvalue weighted by Crippen LogP contribution is -2.38. The number of thioether (sulfide) groups is 1. The molecular weight excluding hydrogens is 309 g/mol. The SMILES string of the molecule is O=C(C[C@@H]1NC(=O)NC1=O)N[C@H]1CCSc2ccc(F)cc21. The summed E-state index contributed by atoms with van der Waals surface area (Å²) in [5.74, 6) is -0.382. The quantitative estimate of drug-likeness (QED) is 0.726. The summed E-state index contributed by atoms with van der Waals surface area (Å²) in [6.07, 6.45) is 0.557. The summed E-state index contributed by atoms with van der Waals surface area (Å²) in [6, 6.07) is 2.81. The summed E-state index contributed by atoms with van der Waals surface area (Å²) in [6.45, 7) is 0. The number of benzene rings is 1. The maximum Gasteiger partial charge on any atom is 0.322 e. The molecule has 1 aromatic rings. The number of nitrogens with one attached hydrogen (secondary N) is 3. The van der Waals surface area contributed by atoms with Gasteiger partial charge >= 0.3 is 6.03 Å². The van der Waals surface area contributed by atoms with Gasteiger partial charge in [0, 0.05) is 10.6 Å². The zero-order chi connectivity index (χ0) is 15.7. The van der Waals surface area contributed by atoms with Gasteiger partial charge in [0.05, 0.1) is 12.5 Å². The fourth-order valence-electron chi connectivity index (χ4n) is 2.56. The lowest BCUT2D eigenvalue weighted by molar-refractivity contribution is -0.126. The number of urea groups is 1. The van der Waals surface area contributed by atoms with Crippen LogP contribution in [0, 0.1) is 5.82 Å². The number of rotatable bonds is 3. The Morgan fingerprint density at radius 1 is 1.41 bits per heavy atom. The van der Waals surface area contributed by atoms with Crippen LogP contribution in [-0.4, -0.2) is 29.6 Å². The second-order valence-corrected chi connectivity index (χ2v) is 6.30. The molecule has 8 heteroatoms. The molecule has 3 N–H and O–H groups in total. The van der Waals surface area contributed by atoms with Crippen molar-refractivity contribution in [3.8, 4) is 0 Å². The molecule has 1 fully saturated rings. The lowest BCUT2D eigenvalue weighted by Gasteiger charge is -2.26. The zero-order valence-corrected chi connectivity index (χ0v) is 12.3. The Morgan fingerprint density at radius 3 is 2.95 bits per heavy atom. The van der Waals surface area contributed by atoms with Crippen molar-refractivity contribution in [3.05, 3.63) is 29.6 Å². The van der Waals surface area contributed by atoms with Gasteiger partial charge in [0.15, 0.2) is 0 Å². The number of hydrogen-bond donors (Lipinski definition) is 3. The standard InChI is InChI=1S/C14H14FN3O3S/c15-7-1-2-11-8(5-7)9(3-4-22-11)16-12(19)6-10-13(20)18-14(21)17-10/h1-2,5,9-10H,3-4,6H2,(H,16,19)(H2,17,18,20,21)/t9-,10-/m0/s1. The summed E-state index contributed by atoms with van der Waals surface area (Å²) in [5, 5.41) is 7.27. The van der Waals surface area contributed by atoms with Crippen LogP contribution in [0.3, 0.4) is 0 Å². The number of carbonyl (C=O) groups is 3. The smallest absolute Gasteiger partial charge is 0.322 e. The predicted octanol–water partition coefficient (Wildman–Crippen LogP) is 1.08. The van der Waals surface area contributed by atoms with Gasteiger partial charge in [-0.15, -0.1) is 11.8 Å². The Bertz CT molecular complexity index is 652. The minimum Gasteiger partial charge on any atom is -0.349 e. The second-order valence-electron chi connectivity index (χ2n) is 5.16. The number of hydrogen-bond acceptors (Lipinski definition) is 4. The van der Waals surface area contributed by atoms with Crippen molar-refractivity contribution in [1.29, 1.82) is 0 Å². The summed E-state index contributed by atoms with van der Waals surface area (Å²) in [5.41, 5.74) is 0.754. The van der Waals surface area contributed by atoms with Crippen LogP contribution in [-0.2, 0) is 9.59 Å². The molecule has 0 radical (unpaired) electrons. The zero-order valence-electron chi connectivity index (χ0n) is 11.5. The summed E-state index contributed by atoms with van der Waals surface area (Å²) in [4.78, 5) is 35.5. The first-order valence-electron chi connectivity index (χ1n) is 6.86. The van der Waals surface area contributed by atoms with Crippen LogP contribution in [0.25, 0.3) is 0 Å². The molecule has 0 aromatic heterocycles. The average molecular weight is 323 g/mol. The van der Waals surface area contributed by atoms with Gasteiger partial charge in [0.25, 0.3) is 5.91 Å². The molecule has 1 aromatic carbocycles. The normalized spacial score (nSPS) is 23.5. The van der Waals surface area contributed by atoms with Crippen LogP contribution in [0.4, 0.5) is 9.18 Å². The highest BCUT2D eigenvalue weighted by atomic mass is 32.2. The number of halogens is 1. The minimum atomic E-state index is -0.850. The maximum absolute atomic E-state index is 13.4. The first kappa shape index (κ1) is 14.8. The van der Waals surface area contributed by atoms with Gasteiger partial charge in [-0.3, -0.25) is 14.9 Å². The Morgan fingerprint density at radius 2 is 2.23 bits per heavy atom. The molecule has 116 valence electrons. The third kappa shape index (κ3) is 3.06. The molecule has 0 unspecified atom stereocenters. The first-order chi connectivity index (χ1) is 10.5. The van der Waals surface area contributed by atoms with Crippen molar-refractivity contribution in [2.45, 2.75) is 29.8 Å². The summed E-state index contributed by atoms with van der Waals surface area (Å²) >= 11 is 1.62. The van der Waals surface area contributed by atoms with E-state index in [0.29, 0.717) is 6.42 Å². The first-order valence-corrected chi connectivity index (χ1v) is 7.84. The molecular formula is C14H14FN3O3S. The van der Waals surface area contributed by atoms with Crippen LogP contribution < -0.4 is 16.0 Å². The van der Waals surface area contributed by atoms with Gasteiger partial charge in [-0.2, -0.15) is 0 Å². The Balaban J connectivity index is 1.67. The van der Waals surface area contributed by atoms with Gasteiger partial charge in [-0.25, -0.2) is 9.18 Å². The van der Waals surface area contributed by atoms with E-state index >= 15 is 0 Å². The molecule has 2 atom stereocenters. The molecule has 0 spiro atoms. The van der Waals surface area contributed by atoms with Crippen molar-refractivity contribution in [1.82, 2.24) is 16.0 Å². The van der Waals surface area contributed by atoms with Crippen molar-refractivity contribution < 1.29 is 18.8 Å². The maximum atomic E-state index is 13.4. The Labute approximate surface area is 130 Å². The highest BCUT2D eigenvalue weighted by Gasteiger charge is 2.32. The number of amides is 4. The molecule has 3 rings (SSSR count). The molecule has 2 aliphatic heterocycles. The van der Waals surface area contributed by atoms with Gasteiger partial charge in [0.1, 0.15) is 11.9 Å². The molecule has 1 saturated heterocycles. The van der Waals surface area contributed by atoms with Gasteiger partial charge in [-0.1, -0.05) is 0 Å². The number of carbonyl (C=O) groups excluding carboxylic acids is 3. The molecule has 6 nitrogen and oxygen atoms in total. The molecule has 22 heavy (non-hydrogen) atoms. The van der Waals surface area contributed by atoms with Crippen LogP contribution in [0.5, 0.6) is 0 Å². The highest BCUT2D eigenvalue weighted by Crippen LogP contribution is 2.36. The van der Waals surface area contributed by atoms with Gasteiger partial charge < -0.3 is 10.6 Å². The average Bonchev–Trinajstić information content (AvgIpc) is 2.77. The van der Waals surface area contributed by atoms with Crippen LogP contribution in [0.15, 0.2) is 23.1 Å². The van der Waals surface area contributed by atoms with E-state index in [0.717, 1.165) is 16.2 Å². The summed E-state index contributed by atoms with van der Waals surface area (Å²) < 4.78 is 13.4. The van der Waals surface area contributed by atoms with E-state index in [1.54, 1.807) is 17.8 Å².